The van der Waals surface area contributed by atoms with Gasteiger partial charge in [-0.05, 0) is 11.1 Å². The molecule has 0 radical (unpaired) electrons. The predicted molar refractivity (Wildman–Crippen MR) is 161 cm³/mol. The normalized spacial score (nSPS) is 22.1. The minimum atomic E-state index is -1.14. The molecule has 2 aliphatic carbocycles. The van der Waals surface area contributed by atoms with Crippen LogP contribution in [0.4, 0.5) is 0 Å². The van der Waals surface area contributed by atoms with Crippen LogP contribution in [0.1, 0.15) is 97.8 Å². The summed E-state index contributed by atoms with van der Waals surface area (Å²) in [4.78, 5) is 11.4. The first-order chi connectivity index (χ1) is 15.5. The van der Waals surface area contributed by atoms with Gasteiger partial charge in [-0.25, -0.2) is 0 Å². The van der Waals surface area contributed by atoms with E-state index in [2.05, 4.69) is 66.5 Å². The number of hydrogen-bond acceptors (Lipinski definition) is 1. The molecule has 0 spiro atoms. The van der Waals surface area contributed by atoms with E-state index < -0.39 is 35.9 Å². The summed E-state index contributed by atoms with van der Waals surface area (Å²) in [5, 5.41) is 0. The summed E-state index contributed by atoms with van der Waals surface area (Å²) in [6, 6.07) is 0. The molecule has 0 bridgehead atoms. The van der Waals surface area contributed by atoms with Gasteiger partial charge in [-0.2, -0.15) is 12.8 Å². The molecule has 2 aliphatic rings. The van der Waals surface area contributed by atoms with E-state index >= 15 is 0 Å². The molecular formula is C29H62FeOSi2Sn+2. The van der Waals surface area contributed by atoms with Gasteiger partial charge in [0.15, 0.2) is 0 Å². The van der Waals surface area contributed by atoms with E-state index in [1.807, 2.05) is 0 Å². The molecule has 2 atom stereocenters. The molecule has 34 heavy (non-hydrogen) atoms. The van der Waals surface area contributed by atoms with Crippen LogP contribution in [-0.4, -0.2) is 42.2 Å². The zero-order chi connectivity index (χ0) is 25.3. The Hall–Kier alpha value is 1.42. The van der Waals surface area contributed by atoms with Crippen LogP contribution in [0.5, 0.6) is 0 Å². The number of unbranched alkanes of at least 4 members (excludes halogenated alkanes) is 3. The molecule has 1 nitrogen and oxygen atoms in total. The molecule has 0 N–H and O–H groups in total. The predicted octanol–water partition coefficient (Wildman–Crippen LogP) is 10.7. The van der Waals surface area contributed by atoms with Crippen LogP contribution < -0.4 is 0 Å². The molecule has 202 valence electrons. The molecular weight excluding hydrogens is 595 g/mol. The average molecular weight is 658 g/mol. The van der Waals surface area contributed by atoms with Crippen molar-refractivity contribution in [3.05, 3.63) is 6.42 Å². The summed E-state index contributed by atoms with van der Waals surface area (Å²) in [5.74, 6) is 0.392. The van der Waals surface area contributed by atoms with Gasteiger partial charge in [0, 0.05) is 22.1 Å². The Kier molecular flexibility index (Phi) is 23.6. The van der Waals surface area contributed by atoms with Gasteiger partial charge < -0.3 is 11.2 Å². The second-order valence-electron chi connectivity index (χ2n) is 12.9. The molecule has 2 saturated carbocycles. The van der Waals surface area contributed by atoms with Crippen molar-refractivity contribution in [3.63, 3.8) is 0 Å². The van der Waals surface area contributed by atoms with Crippen LogP contribution in [0.15, 0.2) is 0 Å². The molecule has 0 amide bonds. The maximum absolute atomic E-state index is 11.4. The summed E-state index contributed by atoms with van der Waals surface area (Å²) in [5.41, 5.74) is 1.48. The Balaban J connectivity index is 0. The minimum absolute atomic E-state index is 0. The molecule has 0 aliphatic heterocycles. The summed E-state index contributed by atoms with van der Waals surface area (Å²) < 4.78 is 5.04. The minimum Gasteiger partial charge on any atom is -0.328 e. The van der Waals surface area contributed by atoms with Gasteiger partial charge >= 0.3 is 109 Å². The average Bonchev–Trinajstić information content (AvgIpc) is 3.45. The molecule has 5 heteroatoms. The summed E-state index contributed by atoms with van der Waals surface area (Å²) in [6.45, 7) is 21.5. The Morgan fingerprint density at radius 3 is 1.29 bits per heavy atom. The molecule has 0 aromatic rings. The fourth-order valence-corrected chi connectivity index (χ4v) is 20.2. The smallest absolute Gasteiger partial charge is 0.328 e. The van der Waals surface area contributed by atoms with E-state index in [-0.39, 0.29) is 17.1 Å². The van der Waals surface area contributed by atoms with Crippen LogP contribution in [-0.2, 0) is 21.9 Å². The number of carbonyl (C=O) groups is 1. The van der Waals surface area contributed by atoms with E-state index in [0.29, 0.717) is 5.92 Å². The number of aldehydes is 1. The van der Waals surface area contributed by atoms with Crippen molar-refractivity contribution in [3.8, 4) is 0 Å². The van der Waals surface area contributed by atoms with Gasteiger partial charge in [-0.3, -0.25) is 0 Å². The van der Waals surface area contributed by atoms with Crippen LogP contribution >= 0.6 is 0 Å². The van der Waals surface area contributed by atoms with Crippen molar-refractivity contribution in [2.24, 2.45) is 5.92 Å². The standard InChI is InChI=1S/C12H26OSi2.C5H9.3C4H9.Fe.Sn/c1-14(2,3)11-7-8-12(10(11)9-13)15(4,5)6;1-2-4-5-3-1;3*1-3-4-2;;/h9-12H,7-8H2,1-6H3;1H,2-5H2;3*1,3-4H2,2H3;;/q;-1;;;;+2;+1. The fourth-order valence-electron chi connectivity index (χ4n) is 5.61. The molecule has 0 aromatic heterocycles. The first kappa shape index (κ1) is 37.6. The molecule has 0 aromatic carbocycles. The van der Waals surface area contributed by atoms with Crippen LogP contribution in [0, 0.1) is 12.3 Å². The molecule has 2 unspecified atom stereocenters. The number of carbonyl (C=O) groups excluding carboxylic acids is 1. The van der Waals surface area contributed by atoms with Crippen LogP contribution in [0.3, 0.4) is 0 Å². The van der Waals surface area contributed by atoms with Crippen molar-refractivity contribution in [1.29, 1.82) is 0 Å². The first-order valence-electron chi connectivity index (χ1n) is 14.6. The zero-order valence-corrected chi connectivity index (χ0v) is 30.7. The van der Waals surface area contributed by atoms with Crippen molar-refractivity contribution >= 4 is 42.2 Å². The van der Waals surface area contributed by atoms with Gasteiger partial charge in [0.1, 0.15) is 6.29 Å². The van der Waals surface area contributed by atoms with Crippen LogP contribution in [0.25, 0.3) is 0 Å². The summed E-state index contributed by atoms with van der Waals surface area (Å²) in [6.07, 6.45) is 20.8. The van der Waals surface area contributed by atoms with Crippen molar-refractivity contribution < 1.29 is 21.9 Å². The van der Waals surface area contributed by atoms with E-state index in [0.717, 1.165) is 11.1 Å². The molecule has 2 fully saturated rings. The van der Waals surface area contributed by atoms with Crippen molar-refractivity contribution in [2.45, 2.75) is 161 Å². The maximum Gasteiger partial charge on any atom is 2.00 e. The number of rotatable bonds is 12. The second kappa shape index (κ2) is 21.4. The zero-order valence-electron chi connectivity index (χ0n) is 24.8. The van der Waals surface area contributed by atoms with E-state index in [4.69, 9.17) is 0 Å². The monoisotopic (exact) mass is 658 g/mol. The third-order valence-corrected chi connectivity index (χ3v) is 22.7. The SMILES string of the molecule is CCC[CH2][Sn+]([CH2]CCC)[CH2]CCC.C[Si](C)(C)C1CCC([Si](C)(C)C)C1C=O.[CH-]1CCCC1.[Fe+2]. The number of hydrogen-bond donors (Lipinski definition) is 0. The topological polar surface area (TPSA) is 17.1 Å². The Labute approximate surface area is 236 Å². The first-order valence-corrected chi connectivity index (χ1v) is 27.8. The van der Waals surface area contributed by atoms with Crippen molar-refractivity contribution in [1.82, 2.24) is 0 Å². The third kappa shape index (κ3) is 17.0. The van der Waals surface area contributed by atoms with Gasteiger partial charge in [0.05, 0.1) is 0 Å². The van der Waals surface area contributed by atoms with Crippen LogP contribution in [0.2, 0.25) is 63.7 Å². The fraction of sp³-hybridized carbons (Fsp3) is 0.931. The Bertz CT molecular complexity index is 423. The Morgan fingerprint density at radius 1 is 0.735 bits per heavy atom. The van der Waals surface area contributed by atoms with Gasteiger partial charge in [-0.1, -0.05) is 65.0 Å². The van der Waals surface area contributed by atoms with E-state index in [1.165, 1.54) is 83.3 Å². The summed E-state index contributed by atoms with van der Waals surface area (Å²) >= 11 is -0.839. The molecule has 2 rings (SSSR count). The third-order valence-electron chi connectivity index (χ3n) is 7.82. The maximum atomic E-state index is 11.4. The van der Waals surface area contributed by atoms with Gasteiger partial charge in [0.2, 0.25) is 0 Å². The molecule has 0 saturated heterocycles. The van der Waals surface area contributed by atoms with E-state index in [9.17, 15) is 4.79 Å². The summed E-state index contributed by atoms with van der Waals surface area (Å²) in [7, 11) is -2.28. The quantitative estimate of drug-likeness (QED) is 0.116. The molecule has 0 heterocycles. The van der Waals surface area contributed by atoms with E-state index in [1.54, 1.807) is 13.3 Å². The second-order valence-corrected chi connectivity index (χ2v) is 32.4. The van der Waals surface area contributed by atoms with Gasteiger partial charge in [0.25, 0.3) is 0 Å². The van der Waals surface area contributed by atoms with Gasteiger partial charge in [-0.15, -0.1) is 0 Å². The van der Waals surface area contributed by atoms with Crippen molar-refractivity contribution in [2.75, 3.05) is 0 Å². The Morgan fingerprint density at radius 2 is 1.09 bits per heavy atom. The largest absolute Gasteiger partial charge is 2.00 e.